The summed E-state index contributed by atoms with van der Waals surface area (Å²) in [5.74, 6) is 2.24. The Bertz CT molecular complexity index is 5730. The number of aromatic nitrogens is 15. The summed E-state index contributed by atoms with van der Waals surface area (Å²) in [7, 11) is 0. The molecule has 0 unspecified atom stereocenters. The number of amides is 1. The molecule has 566 valence electrons. The summed E-state index contributed by atoms with van der Waals surface area (Å²) in [5.41, 5.74) is 7.52. The van der Waals surface area contributed by atoms with Gasteiger partial charge in [0, 0.05) is 80.5 Å². The van der Waals surface area contributed by atoms with Gasteiger partial charge in [-0.1, -0.05) is 54.6 Å². The van der Waals surface area contributed by atoms with E-state index in [0.29, 0.717) is 110 Å². The molecule has 1 amide bonds. The minimum atomic E-state index is -1.16. The normalized spacial score (nSPS) is 14.6. The first-order chi connectivity index (χ1) is 52.8. The van der Waals surface area contributed by atoms with Gasteiger partial charge < -0.3 is 46.4 Å². The zero-order chi connectivity index (χ0) is 77.3. The summed E-state index contributed by atoms with van der Waals surface area (Å²) >= 11 is 0. The third kappa shape index (κ3) is 15.5. The molecule has 0 spiro atoms. The molecule has 0 saturated carbocycles. The second-order valence-corrected chi connectivity index (χ2v) is 29.0. The van der Waals surface area contributed by atoms with E-state index < -0.39 is 16.8 Å². The number of nitrogens with one attached hydrogen (secondary N) is 4. The van der Waals surface area contributed by atoms with Crippen LogP contribution in [0.5, 0.6) is 0 Å². The molecule has 110 heavy (non-hydrogen) atoms. The maximum Gasteiger partial charge on any atom is 0.278 e. The van der Waals surface area contributed by atoms with E-state index in [2.05, 4.69) is 110 Å². The third-order valence-electron chi connectivity index (χ3n) is 19.6. The number of aliphatic hydroxyl groups excluding tert-OH is 1. The maximum absolute atomic E-state index is 13.2. The molecule has 0 radical (unpaired) electrons. The third-order valence-corrected chi connectivity index (χ3v) is 19.6. The Morgan fingerprint density at radius 2 is 0.900 bits per heavy atom. The van der Waals surface area contributed by atoms with Crippen molar-refractivity contribution in [2.75, 3.05) is 62.0 Å². The number of hydrogen-bond donors (Lipinski definition) is 8. The molecule has 30 heteroatoms. The highest BCUT2D eigenvalue weighted by atomic mass is 16.5. The summed E-state index contributed by atoms with van der Waals surface area (Å²) in [6, 6.07) is 34.5. The zero-order valence-electron chi connectivity index (χ0n) is 62.1. The van der Waals surface area contributed by atoms with Crippen LogP contribution in [0.3, 0.4) is 0 Å². The number of pyridine rings is 3. The van der Waals surface area contributed by atoms with Crippen molar-refractivity contribution >= 4 is 73.9 Å². The Balaban J connectivity index is 0.000000138. The number of fused-ring (bicyclic) bond motifs is 6. The molecule has 16 rings (SSSR count). The van der Waals surface area contributed by atoms with E-state index in [-0.39, 0.29) is 54.8 Å². The van der Waals surface area contributed by atoms with Crippen molar-refractivity contribution < 1.29 is 30.0 Å². The fourth-order valence-electron chi connectivity index (χ4n) is 13.8. The number of nitrogens with zero attached hydrogens (tertiary/aromatic N) is 17. The molecule has 12 aromatic rings. The van der Waals surface area contributed by atoms with Gasteiger partial charge in [0.2, 0.25) is 17.8 Å². The van der Waals surface area contributed by atoms with Crippen molar-refractivity contribution in [3.05, 3.63) is 247 Å². The molecular weight excluding hydrogens is 1400 g/mol. The number of hydrogen-bond acceptors (Lipinski definition) is 23. The van der Waals surface area contributed by atoms with Gasteiger partial charge in [0.25, 0.3) is 22.6 Å². The molecule has 3 aromatic carbocycles. The first-order valence-corrected chi connectivity index (χ1v) is 36.4. The van der Waals surface area contributed by atoms with Gasteiger partial charge in [0.15, 0.2) is 34.4 Å². The van der Waals surface area contributed by atoms with Gasteiger partial charge in [0.1, 0.15) is 33.0 Å². The summed E-state index contributed by atoms with van der Waals surface area (Å²) in [5, 5.41) is 54.3. The SMILES string of the molecule is C=CCn1c(=O)c2cnc(Nc3ccc4c(c3)C(=O)NCC4)nc2n1-c1cccc(C(C)(C)O)n1.C=CCn1c(=O)c2cnc(Nc3ccc4c(c3)CCN(C3COC3)C4)nc2n1-c1cccc(C(C)(C)O)n1.C=CCn1c(=O)c2cnc(Nc3ccc4c(c3)CCN(CCO)C4)nc2n1-c1cccc(C(C)(C)O)n1. The highest BCUT2D eigenvalue weighted by Crippen LogP contribution is 2.31. The Hall–Kier alpha value is -12.0. The van der Waals surface area contributed by atoms with Gasteiger partial charge in [-0.2, -0.15) is 15.0 Å². The van der Waals surface area contributed by atoms with Crippen LogP contribution in [0.1, 0.15) is 96.8 Å². The van der Waals surface area contributed by atoms with Gasteiger partial charge in [-0.15, -0.1) is 19.7 Å². The lowest BCUT2D eigenvalue weighted by Crippen LogP contribution is -2.50. The van der Waals surface area contributed by atoms with Gasteiger partial charge in [0.05, 0.1) is 62.6 Å². The van der Waals surface area contributed by atoms with E-state index in [9.17, 15) is 39.6 Å². The first-order valence-electron chi connectivity index (χ1n) is 36.4. The fourth-order valence-corrected chi connectivity index (χ4v) is 13.8. The second-order valence-electron chi connectivity index (χ2n) is 29.0. The van der Waals surface area contributed by atoms with Crippen molar-refractivity contribution in [1.82, 2.24) is 88.1 Å². The van der Waals surface area contributed by atoms with Crippen LogP contribution in [0.25, 0.3) is 50.6 Å². The van der Waals surface area contributed by atoms with Crippen LogP contribution in [0.15, 0.2) is 180 Å². The number of benzene rings is 3. The lowest BCUT2D eigenvalue weighted by Gasteiger charge is -2.40. The smallest absolute Gasteiger partial charge is 0.278 e. The zero-order valence-corrected chi connectivity index (χ0v) is 62.1. The Morgan fingerprint density at radius 3 is 1.29 bits per heavy atom. The molecule has 1 fully saturated rings. The average molecular weight is 1490 g/mol. The number of carbonyl (C=O) groups excluding carboxylic acids is 1. The van der Waals surface area contributed by atoms with Crippen LogP contribution in [0.2, 0.25) is 0 Å². The van der Waals surface area contributed by atoms with Crippen LogP contribution in [-0.4, -0.2) is 161 Å². The number of rotatable bonds is 21. The molecule has 13 heterocycles. The van der Waals surface area contributed by atoms with E-state index >= 15 is 0 Å². The lowest BCUT2D eigenvalue weighted by atomic mass is 9.97. The largest absolute Gasteiger partial charge is 0.395 e. The number of allylic oxidation sites excluding steroid dienone is 3. The van der Waals surface area contributed by atoms with Crippen molar-refractivity contribution in [3.8, 4) is 17.5 Å². The number of carbonyl (C=O) groups is 1. The molecule has 30 nitrogen and oxygen atoms in total. The fraction of sp³-hybridized carbons (Fsp3) is 0.312. The predicted molar refractivity (Wildman–Crippen MR) is 419 cm³/mol. The van der Waals surface area contributed by atoms with E-state index in [1.54, 1.807) is 141 Å². The molecule has 0 aliphatic carbocycles. The van der Waals surface area contributed by atoms with E-state index in [1.807, 2.05) is 24.3 Å². The lowest BCUT2D eigenvalue weighted by molar-refractivity contribution is -0.0694. The van der Waals surface area contributed by atoms with Gasteiger partial charge in [-0.05, 0) is 161 Å². The standard InChI is InChI=1S/C28H31N7O3.C27H31N7O3.C25H25N7O3/c1-4-11-34-26(36)22-14-29-27(32-25(22)35(34)24-7-5-6-23(31-24)28(2,3)37)30-20-9-8-19-15-33(21-16-38-17-21)12-10-18(19)13-20;1-4-11-33-25(36)21-16-28-26(29-20-9-8-19-17-32(13-14-35)12-10-18(19)15-20)31-24(21)34(33)23-7-5-6-22(30-23)27(2,3)37;1-4-12-31-23(34)18-14-27-24(28-16-9-8-15-10-11-26-22(33)17(15)13-16)30-21(18)32(31)20-7-5-6-19(29-20)25(2,3)35/h4-9,13-14,21,37H,1,10-12,15-17H2,2-3H3,(H,29,30,32);4-9,15-16,35,37H,1,10-14,17H2,2-3H3,(H,28,29,31);4-9,13-14,35H,1,10-12H2,2-3H3,(H,26,33)(H,27,28,30). The highest BCUT2D eigenvalue weighted by Gasteiger charge is 2.31. The van der Waals surface area contributed by atoms with Gasteiger partial charge in [-0.3, -0.25) is 29.0 Å². The van der Waals surface area contributed by atoms with Crippen molar-refractivity contribution in [3.63, 3.8) is 0 Å². The topological polar surface area (TPSA) is 359 Å². The minimum absolute atomic E-state index is 0.112. The predicted octanol–water partition coefficient (Wildman–Crippen LogP) is 7.80. The molecular formula is C80H87N21O9. The Labute approximate surface area is 632 Å². The quantitative estimate of drug-likeness (QED) is 0.0318. The number of anilines is 6. The van der Waals surface area contributed by atoms with E-state index in [4.69, 9.17) is 14.7 Å². The molecule has 1 saturated heterocycles. The highest BCUT2D eigenvalue weighted by molar-refractivity contribution is 5.98. The molecule has 4 aliphatic rings. The molecule has 0 bridgehead atoms. The number of aliphatic hydroxyl groups is 4. The average Bonchev–Trinajstić information content (AvgIpc) is 1.61. The van der Waals surface area contributed by atoms with Crippen LogP contribution in [0, 0.1) is 0 Å². The Kier molecular flexibility index (Phi) is 21.0. The first kappa shape index (κ1) is 74.8. The maximum atomic E-state index is 13.2. The Morgan fingerprint density at radius 1 is 0.500 bits per heavy atom. The number of β-amino-alcohol motifs (C(OH)–C–C–N with tert-alkyl or cyclic N) is 1. The summed E-state index contributed by atoms with van der Waals surface area (Å²) in [6.45, 7) is 28.8. The summed E-state index contributed by atoms with van der Waals surface area (Å²) in [4.78, 5) is 97.6. The summed E-state index contributed by atoms with van der Waals surface area (Å²) in [6.07, 6.45) is 12.1. The van der Waals surface area contributed by atoms with Crippen LogP contribution in [-0.2, 0) is 73.5 Å². The van der Waals surface area contributed by atoms with Crippen molar-refractivity contribution in [2.24, 2.45) is 0 Å². The van der Waals surface area contributed by atoms with Gasteiger partial charge in [-0.25, -0.2) is 58.0 Å². The van der Waals surface area contributed by atoms with Crippen LogP contribution in [0.4, 0.5) is 34.9 Å². The molecule has 0 atom stereocenters. The van der Waals surface area contributed by atoms with Crippen LogP contribution >= 0.6 is 0 Å². The molecule has 9 aromatic heterocycles. The number of ether oxygens (including phenoxy) is 1. The monoisotopic (exact) mass is 1490 g/mol. The van der Waals surface area contributed by atoms with E-state index in [1.165, 1.54) is 48.7 Å². The second kappa shape index (κ2) is 30.9. The summed E-state index contributed by atoms with van der Waals surface area (Å²) < 4.78 is 14.8. The molecule has 4 aliphatic heterocycles. The van der Waals surface area contributed by atoms with Crippen LogP contribution < -0.4 is 37.9 Å². The van der Waals surface area contributed by atoms with E-state index in [0.717, 1.165) is 75.6 Å². The van der Waals surface area contributed by atoms with Gasteiger partial charge >= 0.3 is 0 Å². The van der Waals surface area contributed by atoms with Crippen molar-refractivity contribution in [1.29, 1.82) is 0 Å². The minimum Gasteiger partial charge on any atom is -0.395 e. The van der Waals surface area contributed by atoms with Crippen molar-refractivity contribution in [2.45, 2.75) is 116 Å². The molecule has 8 N–H and O–H groups in total.